The fraction of sp³-hybridized carbons (Fsp3) is 0.600. The van der Waals surface area contributed by atoms with Gasteiger partial charge in [-0.15, -0.1) is 0 Å². The molecular weight excluding hydrogens is 243 g/mol. The number of hydrogen-bond donors (Lipinski definition) is 2. The second-order valence-electron chi connectivity index (χ2n) is 5.36. The summed E-state index contributed by atoms with van der Waals surface area (Å²) in [5.41, 5.74) is 0.962. The Hall–Kier alpha value is -1.13. The number of methoxy groups -OCH3 is 1. The molecule has 1 aromatic rings. The van der Waals surface area contributed by atoms with Gasteiger partial charge in [-0.05, 0) is 50.0 Å². The summed E-state index contributed by atoms with van der Waals surface area (Å²) in [5, 5.41) is 6.99. The number of halogens is 1. The number of ether oxygens (including phenoxy) is 1. The Morgan fingerprint density at radius 3 is 2.89 bits per heavy atom. The number of hydrogen-bond acceptors (Lipinski definition) is 3. The monoisotopic (exact) mass is 266 g/mol. The molecule has 19 heavy (non-hydrogen) atoms. The summed E-state index contributed by atoms with van der Waals surface area (Å²) in [5.74, 6) is 0.595. The van der Waals surface area contributed by atoms with E-state index in [9.17, 15) is 4.39 Å². The van der Waals surface area contributed by atoms with E-state index in [1.54, 1.807) is 12.1 Å². The van der Waals surface area contributed by atoms with Crippen molar-refractivity contribution in [3.8, 4) is 5.75 Å². The van der Waals surface area contributed by atoms with Crippen LogP contribution in [0.2, 0.25) is 0 Å². The van der Waals surface area contributed by atoms with E-state index in [1.807, 2.05) is 6.07 Å². The normalized spacial score (nSPS) is 25.1. The zero-order valence-corrected chi connectivity index (χ0v) is 11.9. The molecule has 1 aliphatic heterocycles. The highest BCUT2D eigenvalue weighted by Crippen LogP contribution is 2.23. The van der Waals surface area contributed by atoms with Crippen LogP contribution < -0.4 is 15.4 Å². The van der Waals surface area contributed by atoms with Crippen molar-refractivity contribution in [1.82, 2.24) is 10.6 Å². The third kappa shape index (κ3) is 3.45. The first-order chi connectivity index (χ1) is 9.11. The van der Waals surface area contributed by atoms with Crippen LogP contribution in [0.4, 0.5) is 4.39 Å². The highest BCUT2D eigenvalue weighted by Gasteiger charge is 2.22. The first-order valence-electron chi connectivity index (χ1n) is 6.92. The second kappa shape index (κ2) is 6.35. The van der Waals surface area contributed by atoms with E-state index in [2.05, 4.69) is 24.5 Å². The van der Waals surface area contributed by atoms with Gasteiger partial charge in [0.05, 0.1) is 7.11 Å². The van der Waals surface area contributed by atoms with E-state index in [1.165, 1.54) is 7.11 Å². The minimum absolute atomic E-state index is 0.144. The van der Waals surface area contributed by atoms with Crippen LogP contribution in [0.5, 0.6) is 5.75 Å². The molecule has 0 amide bonds. The molecule has 2 rings (SSSR count). The first-order valence-corrected chi connectivity index (χ1v) is 6.92. The van der Waals surface area contributed by atoms with Gasteiger partial charge in [0.15, 0.2) is 11.6 Å². The van der Waals surface area contributed by atoms with Crippen molar-refractivity contribution in [2.24, 2.45) is 5.92 Å². The van der Waals surface area contributed by atoms with Crippen LogP contribution in [0, 0.1) is 11.7 Å². The van der Waals surface area contributed by atoms with E-state index >= 15 is 0 Å². The molecule has 1 fully saturated rings. The molecule has 1 heterocycles. The summed E-state index contributed by atoms with van der Waals surface area (Å²) in [4.78, 5) is 0. The highest BCUT2D eigenvalue weighted by atomic mass is 19.1. The maximum atomic E-state index is 13.7. The Morgan fingerprint density at radius 1 is 1.47 bits per heavy atom. The van der Waals surface area contributed by atoms with Gasteiger partial charge in [0.25, 0.3) is 0 Å². The standard InChI is InChI=1S/C15H23FN2O/c1-10-9-17-7-6-14(10)18-11(2)12-4-5-15(19-3)13(16)8-12/h4-5,8,10-11,14,17-18H,6-7,9H2,1-3H3. The van der Waals surface area contributed by atoms with Gasteiger partial charge in [-0.2, -0.15) is 0 Å². The van der Waals surface area contributed by atoms with Crippen LogP contribution in [-0.4, -0.2) is 26.2 Å². The second-order valence-corrected chi connectivity index (χ2v) is 5.36. The Kier molecular flexibility index (Phi) is 4.77. The molecule has 106 valence electrons. The average molecular weight is 266 g/mol. The minimum Gasteiger partial charge on any atom is -0.494 e. The van der Waals surface area contributed by atoms with Crippen molar-refractivity contribution < 1.29 is 9.13 Å². The molecule has 4 heteroatoms. The number of nitrogens with one attached hydrogen (secondary N) is 2. The van der Waals surface area contributed by atoms with Crippen LogP contribution >= 0.6 is 0 Å². The maximum Gasteiger partial charge on any atom is 0.165 e. The van der Waals surface area contributed by atoms with Crippen molar-refractivity contribution in [2.75, 3.05) is 20.2 Å². The van der Waals surface area contributed by atoms with Crippen molar-refractivity contribution >= 4 is 0 Å². The largest absolute Gasteiger partial charge is 0.494 e. The lowest BCUT2D eigenvalue weighted by molar-refractivity contribution is 0.278. The van der Waals surface area contributed by atoms with E-state index in [-0.39, 0.29) is 11.9 Å². The first kappa shape index (κ1) is 14.3. The molecule has 3 atom stereocenters. The quantitative estimate of drug-likeness (QED) is 0.878. The van der Waals surface area contributed by atoms with Crippen molar-refractivity contribution in [2.45, 2.75) is 32.4 Å². The van der Waals surface area contributed by atoms with E-state index in [0.717, 1.165) is 25.1 Å². The Morgan fingerprint density at radius 2 is 2.26 bits per heavy atom. The Labute approximate surface area is 114 Å². The number of piperidine rings is 1. The fourth-order valence-electron chi connectivity index (χ4n) is 2.63. The minimum atomic E-state index is -0.299. The summed E-state index contributed by atoms with van der Waals surface area (Å²) >= 11 is 0. The SMILES string of the molecule is COc1ccc(C(C)NC2CCNCC2C)cc1F. The topological polar surface area (TPSA) is 33.3 Å². The van der Waals surface area contributed by atoms with Crippen LogP contribution in [0.1, 0.15) is 31.9 Å². The Balaban J connectivity index is 2.02. The van der Waals surface area contributed by atoms with Crippen LogP contribution in [0.25, 0.3) is 0 Å². The van der Waals surface area contributed by atoms with Gasteiger partial charge >= 0.3 is 0 Å². The summed E-state index contributed by atoms with van der Waals surface area (Å²) in [6, 6.07) is 5.80. The number of benzene rings is 1. The smallest absolute Gasteiger partial charge is 0.165 e. The lowest BCUT2D eigenvalue weighted by Crippen LogP contribution is -2.47. The van der Waals surface area contributed by atoms with Gasteiger partial charge in [-0.3, -0.25) is 0 Å². The molecule has 0 spiro atoms. The van der Waals surface area contributed by atoms with Crippen molar-refractivity contribution in [1.29, 1.82) is 0 Å². The Bertz CT molecular complexity index is 425. The van der Waals surface area contributed by atoms with Gasteiger partial charge in [-0.1, -0.05) is 13.0 Å². The molecule has 0 aliphatic carbocycles. The summed E-state index contributed by atoms with van der Waals surface area (Å²) in [6.45, 7) is 6.41. The van der Waals surface area contributed by atoms with Gasteiger partial charge in [0.1, 0.15) is 0 Å². The lowest BCUT2D eigenvalue weighted by atomic mass is 9.94. The molecule has 1 aliphatic rings. The molecule has 0 radical (unpaired) electrons. The van der Waals surface area contributed by atoms with Crippen LogP contribution in [0.3, 0.4) is 0 Å². The molecule has 2 N–H and O–H groups in total. The third-order valence-corrected chi connectivity index (χ3v) is 3.93. The summed E-state index contributed by atoms with van der Waals surface area (Å²) < 4.78 is 18.6. The molecule has 0 aromatic heterocycles. The zero-order chi connectivity index (χ0) is 13.8. The average Bonchev–Trinajstić information content (AvgIpc) is 2.41. The van der Waals surface area contributed by atoms with Gasteiger partial charge in [-0.25, -0.2) is 4.39 Å². The van der Waals surface area contributed by atoms with Crippen molar-refractivity contribution in [3.63, 3.8) is 0 Å². The highest BCUT2D eigenvalue weighted by molar-refractivity contribution is 5.30. The summed E-state index contributed by atoms with van der Waals surface area (Å²) in [7, 11) is 1.48. The third-order valence-electron chi connectivity index (χ3n) is 3.93. The predicted molar refractivity (Wildman–Crippen MR) is 74.9 cm³/mol. The lowest BCUT2D eigenvalue weighted by Gasteiger charge is -2.33. The van der Waals surface area contributed by atoms with Gasteiger partial charge < -0.3 is 15.4 Å². The molecule has 3 nitrogen and oxygen atoms in total. The van der Waals surface area contributed by atoms with Crippen molar-refractivity contribution in [3.05, 3.63) is 29.6 Å². The zero-order valence-electron chi connectivity index (χ0n) is 11.9. The van der Waals surface area contributed by atoms with Crippen LogP contribution in [-0.2, 0) is 0 Å². The van der Waals surface area contributed by atoms with E-state index < -0.39 is 0 Å². The van der Waals surface area contributed by atoms with Crippen LogP contribution in [0.15, 0.2) is 18.2 Å². The molecule has 1 aromatic carbocycles. The van der Waals surface area contributed by atoms with E-state index in [4.69, 9.17) is 4.74 Å². The molecule has 1 saturated heterocycles. The van der Waals surface area contributed by atoms with E-state index in [0.29, 0.717) is 17.7 Å². The van der Waals surface area contributed by atoms with Gasteiger partial charge in [0, 0.05) is 12.1 Å². The number of rotatable bonds is 4. The maximum absolute atomic E-state index is 13.7. The fourth-order valence-corrected chi connectivity index (χ4v) is 2.63. The molecule has 0 saturated carbocycles. The summed E-state index contributed by atoms with van der Waals surface area (Å²) in [6.07, 6.45) is 1.12. The molecule has 3 unspecified atom stereocenters. The molecule has 0 bridgehead atoms. The van der Waals surface area contributed by atoms with Gasteiger partial charge in [0.2, 0.25) is 0 Å². The molecular formula is C15H23FN2O. The predicted octanol–water partition coefficient (Wildman–Crippen LogP) is 2.48.